The smallest absolute Gasteiger partial charge is 0.0762 e. The highest BCUT2D eigenvalue weighted by Crippen LogP contribution is 2.34. The number of aliphatic hydroxyl groups is 1. The summed E-state index contributed by atoms with van der Waals surface area (Å²) in [5.74, 6) is 0. The summed E-state index contributed by atoms with van der Waals surface area (Å²) in [7, 11) is 0. The minimum absolute atomic E-state index is 0.358. The number of benzene rings is 1. The predicted molar refractivity (Wildman–Crippen MR) is 72.2 cm³/mol. The van der Waals surface area contributed by atoms with Gasteiger partial charge < -0.3 is 14.7 Å². The molecule has 2 heterocycles. The number of nitrogens with zero attached hydrogens (tertiary/aromatic N) is 1. The number of hydrogen-bond acceptors (Lipinski definition) is 3. The van der Waals surface area contributed by atoms with Crippen LogP contribution in [0, 0.1) is 0 Å². The zero-order chi connectivity index (χ0) is 12.7. The van der Waals surface area contributed by atoms with Crippen LogP contribution in [0.15, 0.2) is 18.2 Å². The van der Waals surface area contributed by atoms with Crippen molar-refractivity contribution in [2.45, 2.75) is 38.1 Å². The van der Waals surface area contributed by atoms with E-state index < -0.39 is 6.10 Å². The van der Waals surface area contributed by atoms with Crippen molar-refractivity contribution >= 4 is 17.3 Å². The molecule has 3 atom stereocenters. The lowest BCUT2D eigenvalue weighted by Crippen LogP contribution is -2.42. The van der Waals surface area contributed by atoms with Crippen LogP contribution in [0.3, 0.4) is 0 Å². The Morgan fingerprint density at radius 1 is 1.33 bits per heavy atom. The lowest BCUT2D eigenvalue weighted by atomic mass is 10.1. The molecule has 0 radical (unpaired) electrons. The summed E-state index contributed by atoms with van der Waals surface area (Å²) < 4.78 is 5.83. The van der Waals surface area contributed by atoms with Gasteiger partial charge in [-0.2, -0.15) is 0 Å². The SMILES string of the molecule is C[C@@H](O)c1ccc(N2CC3CCC(C2)O3)c(Cl)c1. The van der Waals surface area contributed by atoms with Crippen LogP contribution >= 0.6 is 11.6 Å². The summed E-state index contributed by atoms with van der Waals surface area (Å²) in [6, 6.07) is 5.82. The molecule has 0 aliphatic carbocycles. The second-order valence-electron chi connectivity index (χ2n) is 5.25. The van der Waals surface area contributed by atoms with E-state index in [1.54, 1.807) is 6.92 Å². The van der Waals surface area contributed by atoms with Gasteiger partial charge >= 0.3 is 0 Å². The number of rotatable bonds is 2. The number of fused-ring (bicyclic) bond motifs is 2. The summed E-state index contributed by atoms with van der Waals surface area (Å²) in [4.78, 5) is 2.31. The third-order valence-electron chi connectivity index (χ3n) is 3.84. The zero-order valence-electron chi connectivity index (χ0n) is 10.5. The van der Waals surface area contributed by atoms with Crippen LogP contribution < -0.4 is 4.90 Å². The molecular weight excluding hydrogens is 250 g/mol. The largest absolute Gasteiger partial charge is 0.389 e. The molecule has 3 nitrogen and oxygen atoms in total. The molecule has 2 aliphatic rings. The van der Waals surface area contributed by atoms with Crippen molar-refractivity contribution in [3.63, 3.8) is 0 Å². The van der Waals surface area contributed by atoms with Gasteiger partial charge in [-0.25, -0.2) is 0 Å². The molecular formula is C14H18ClNO2. The number of hydrogen-bond donors (Lipinski definition) is 1. The third kappa shape index (κ3) is 2.22. The normalized spacial score (nSPS) is 28.5. The van der Waals surface area contributed by atoms with Gasteiger partial charge in [0.05, 0.1) is 29.0 Å². The molecule has 2 bridgehead atoms. The van der Waals surface area contributed by atoms with Crippen molar-refractivity contribution < 1.29 is 9.84 Å². The molecule has 2 unspecified atom stereocenters. The van der Waals surface area contributed by atoms with Crippen molar-refractivity contribution in [2.24, 2.45) is 0 Å². The van der Waals surface area contributed by atoms with Crippen molar-refractivity contribution in [1.82, 2.24) is 0 Å². The van der Waals surface area contributed by atoms with E-state index in [2.05, 4.69) is 4.90 Å². The number of ether oxygens (including phenoxy) is 1. The monoisotopic (exact) mass is 267 g/mol. The van der Waals surface area contributed by atoms with Crippen LogP contribution in [-0.2, 0) is 4.74 Å². The lowest BCUT2D eigenvalue weighted by molar-refractivity contribution is 0.0305. The molecule has 3 rings (SSSR count). The number of morpholine rings is 1. The van der Waals surface area contributed by atoms with Crippen molar-refractivity contribution in [3.8, 4) is 0 Å². The van der Waals surface area contributed by atoms with Gasteiger partial charge in [-0.15, -0.1) is 0 Å². The maximum absolute atomic E-state index is 9.55. The first-order valence-electron chi connectivity index (χ1n) is 6.51. The number of aliphatic hydroxyl groups excluding tert-OH is 1. The Labute approximate surface area is 112 Å². The average Bonchev–Trinajstić information content (AvgIpc) is 2.68. The highest BCUT2D eigenvalue weighted by Gasteiger charge is 2.34. The van der Waals surface area contributed by atoms with Gasteiger partial charge in [0.25, 0.3) is 0 Å². The molecule has 0 saturated carbocycles. The Balaban J connectivity index is 1.84. The highest BCUT2D eigenvalue weighted by molar-refractivity contribution is 6.33. The minimum Gasteiger partial charge on any atom is -0.389 e. The molecule has 1 N–H and O–H groups in total. The molecule has 98 valence electrons. The van der Waals surface area contributed by atoms with Gasteiger partial charge in [-0.05, 0) is 37.5 Å². The van der Waals surface area contributed by atoms with Crippen molar-refractivity contribution in [1.29, 1.82) is 0 Å². The average molecular weight is 268 g/mol. The molecule has 0 aromatic heterocycles. The van der Waals surface area contributed by atoms with Gasteiger partial charge in [0.15, 0.2) is 0 Å². The molecule has 2 aliphatic heterocycles. The van der Waals surface area contributed by atoms with Crippen LogP contribution in [0.5, 0.6) is 0 Å². The van der Waals surface area contributed by atoms with Crippen LogP contribution in [-0.4, -0.2) is 30.4 Å². The third-order valence-corrected chi connectivity index (χ3v) is 4.14. The molecule has 4 heteroatoms. The Morgan fingerprint density at radius 2 is 2.00 bits per heavy atom. The van der Waals surface area contributed by atoms with Gasteiger partial charge in [0.1, 0.15) is 0 Å². The quantitative estimate of drug-likeness (QED) is 0.894. The zero-order valence-corrected chi connectivity index (χ0v) is 11.2. The van der Waals surface area contributed by atoms with Crippen LogP contribution in [0.1, 0.15) is 31.4 Å². The van der Waals surface area contributed by atoms with Crippen LogP contribution in [0.4, 0.5) is 5.69 Å². The maximum Gasteiger partial charge on any atom is 0.0762 e. The van der Waals surface area contributed by atoms with E-state index in [-0.39, 0.29) is 0 Å². The van der Waals surface area contributed by atoms with Gasteiger partial charge in [0.2, 0.25) is 0 Å². The maximum atomic E-state index is 9.55. The van der Waals surface area contributed by atoms with E-state index in [4.69, 9.17) is 16.3 Å². The Morgan fingerprint density at radius 3 is 2.56 bits per heavy atom. The standard InChI is InChI=1S/C14H18ClNO2/c1-9(17)10-2-5-14(13(15)6-10)16-7-11-3-4-12(8-16)18-11/h2,5-6,9,11-12,17H,3-4,7-8H2,1H3/t9-,11?,12?/m1/s1. The van der Waals surface area contributed by atoms with Gasteiger partial charge in [-0.1, -0.05) is 17.7 Å². The van der Waals surface area contributed by atoms with E-state index >= 15 is 0 Å². The number of anilines is 1. The first-order valence-corrected chi connectivity index (χ1v) is 6.89. The fraction of sp³-hybridized carbons (Fsp3) is 0.571. The van der Waals surface area contributed by atoms with E-state index in [0.717, 1.165) is 42.2 Å². The van der Waals surface area contributed by atoms with Crippen LogP contribution in [0.2, 0.25) is 5.02 Å². The summed E-state index contributed by atoms with van der Waals surface area (Å²) >= 11 is 6.33. The first-order chi connectivity index (χ1) is 8.63. The summed E-state index contributed by atoms with van der Waals surface area (Å²) in [6.45, 7) is 3.59. The molecule has 0 spiro atoms. The lowest BCUT2D eigenvalue weighted by Gasteiger charge is -2.34. The first kappa shape index (κ1) is 12.3. The second-order valence-corrected chi connectivity index (χ2v) is 5.66. The van der Waals surface area contributed by atoms with Crippen molar-refractivity contribution in [2.75, 3.05) is 18.0 Å². The van der Waals surface area contributed by atoms with Crippen molar-refractivity contribution in [3.05, 3.63) is 28.8 Å². The molecule has 18 heavy (non-hydrogen) atoms. The highest BCUT2D eigenvalue weighted by atomic mass is 35.5. The Kier molecular flexibility index (Phi) is 3.22. The fourth-order valence-corrected chi connectivity index (χ4v) is 3.16. The van der Waals surface area contributed by atoms with E-state index in [9.17, 15) is 5.11 Å². The topological polar surface area (TPSA) is 32.7 Å². The Bertz CT molecular complexity index is 437. The van der Waals surface area contributed by atoms with E-state index in [0.29, 0.717) is 12.2 Å². The Hall–Kier alpha value is -0.770. The summed E-state index contributed by atoms with van der Waals surface area (Å²) in [6.07, 6.45) is 2.56. The molecule has 2 fully saturated rings. The summed E-state index contributed by atoms with van der Waals surface area (Å²) in [5.41, 5.74) is 1.92. The van der Waals surface area contributed by atoms with Crippen LogP contribution in [0.25, 0.3) is 0 Å². The van der Waals surface area contributed by atoms with E-state index in [1.807, 2.05) is 18.2 Å². The number of halogens is 1. The summed E-state index contributed by atoms with van der Waals surface area (Å²) in [5, 5.41) is 10.3. The molecule has 1 aromatic carbocycles. The van der Waals surface area contributed by atoms with Gasteiger partial charge in [-0.3, -0.25) is 0 Å². The predicted octanol–water partition coefficient (Wildman–Crippen LogP) is 2.76. The van der Waals surface area contributed by atoms with E-state index in [1.165, 1.54) is 0 Å². The fourth-order valence-electron chi connectivity index (χ4n) is 2.85. The minimum atomic E-state index is -0.475. The second kappa shape index (κ2) is 4.72. The van der Waals surface area contributed by atoms with Gasteiger partial charge in [0, 0.05) is 13.1 Å². The molecule has 2 saturated heterocycles. The molecule has 1 aromatic rings. The molecule has 0 amide bonds.